The summed E-state index contributed by atoms with van der Waals surface area (Å²) in [5.74, 6) is 1.51. The Bertz CT molecular complexity index is 842. The molecular formula is C19H28N4O3S. The molecule has 2 aromatic rings. The van der Waals surface area contributed by atoms with E-state index >= 15 is 0 Å². The highest BCUT2D eigenvalue weighted by Crippen LogP contribution is 2.27. The zero-order valence-electron chi connectivity index (χ0n) is 16.0. The Morgan fingerprint density at radius 3 is 2.52 bits per heavy atom. The Morgan fingerprint density at radius 1 is 1.07 bits per heavy atom. The van der Waals surface area contributed by atoms with Gasteiger partial charge in [0.05, 0.1) is 6.61 Å². The molecule has 0 radical (unpaired) electrons. The summed E-state index contributed by atoms with van der Waals surface area (Å²) in [6.07, 6.45) is 4.75. The Hall–Kier alpha value is -1.90. The second-order valence-corrected chi connectivity index (χ2v) is 8.42. The molecule has 0 N–H and O–H groups in total. The largest absolute Gasteiger partial charge is 0.492 e. The molecule has 0 atom stereocenters. The number of piperazine rings is 1. The fraction of sp³-hybridized carbons (Fsp3) is 0.526. The summed E-state index contributed by atoms with van der Waals surface area (Å²) < 4.78 is 35.3. The van der Waals surface area contributed by atoms with Crippen LogP contribution >= 0.6 is 0 Å². The predicted molar refractivity (Wildman–Crippen MR) is 104 cm³/mol. The Labute approximate surface area is 161 Å². The first-order valence-corrected chi connectivity index (χ1v) is 10.9. The first-order chi connectivity index (χ1) is 13.1. The van der Waals surface area contributed by atoms with Crippen LogP contribution in [-0.4, -0.2) is 66.5 Å². The molecule has 27 heavy (non-hydrogen) atoms. The van der Waals surface area contributed by atoms with E-state index in [2.05, 4.69) is 21.4 Å². The van der Waals surface area contributed by atoms with Crippen molar-refractivity contribution in [1.82, 2.24) is 18.8 Å². The van der Waals surface area contributed by atoms with Crippen molar-refractivity contribution in [3.8, 4) is 5.75 Å². The summed E-state index contributed by atoms with van der Waals surface area (Å²) in [7, 11) is -3.54. The summed E-state index contributed by atoms with van der Waals surface area (Å²) >= 11 is 0. The van der Waals surface area contributed by atoms with E-state index in [1.54, 1.807) is 28.6 Å². The van der Waals surface area contributed by atoms with Crippen LogP contribution in [0.3, 0.4) is 0 Å². The molecule has 148 valence electrons. The number of ether oxygens (including phenoxy) is 1. The molecule has 1 aliphatic rings. The maximum atomic E-state index is 13.0. The Balaban J connectivity index is 1.60. The number of hydrogen-bond acceptors (Lipinski definition) is 5. The topological polar surface area (TPSA) is 67.7 Å². The summed E-state index contributed by atoms with van der Waals surface area (Å²) in [5, 5.41) is 0. The van der Waals surface area contributed by atoms with Gasteiger partial charge in [0, 0.05) is 58.1 Å². The van der Waals surface area contributed by atoms with Crippen LogP contribution in [0.1, 0.15) is 19.7 Å². The van der Waals surface area contributed by atoms with Gasteiger partial charge in [-0.2, -0.15) is 4.31 Å². The lowest BCUT2D eigenvalue weighted by atomic mass is 10.3. The summed E-state index contributed by atoms with van der Waals surface area (Å²) in [6, 6.07) is 6.87. The molecular weight excluding hydrogens is 364 g/mol. The lowest BCUT2D eigenvalue weighted by Crippen LogP contribution is -2.49. The number of aryl methyl sites for hydroxylation is 1. The SMILES string of the molecule is CCOc1ccccc1S(=O)(=O)N1CCN(CCn2ccnc2CC)CC1. The van der Waals surface area contributed by atoms with Gasteiger partial charge in [0.2, 0.25) is 10.0 Å². The van der Waals surface area contributed by atoms with Crippen LogP contribution < -0.4 is 4.74 Å². The van der Waals surface area contributed by atoms with Crippen molar-refractivity contribution < 1.29 is 13.2 Å². The number of rotatable bonds is 8. The molecule has 0 bridgehead atoms. The van der Waals surface area contributed by atoms with E-state index in [4.69, 9.17) is 4.74 Å². The molecule has 7 nitrogen and oxygen atoms in total. The maximum absolute atomic E-state index is 13.0. The highest BCUT2D eigenvalue weighted by molar-refractivity contribution is 7.89. The quantitative estimate of drug-likeness (QED) is 0.686. The highest BCUT2D eigenvalue weighted by Gasteiger charge is 2.30. The number of para-hydroxylation sites is 1. The highest BCUT2D eigenvalue weighted by atomic mass is 32.2. The van der Waals surface area contributed by atoms with Gasteiger partial charge in [-0.25, -0.2) is 13.4 Å². The summed E-state index contributed by atoms with van der Waals surface area (Å²) in [5.41, 5.74) is 0. The molecule has 2 heterocycles. The van der Waals surface area contributed by atoms with Crippen LogP contribution in [0, 0.1) is 0 Å². The zero-order valence-corrected chi connectivity index (χ0v) is 16.9. The van der Waals surface area contributed by atoms with Crippen LogP contribution in [0.4, 0.5) is 0 Å². The number of hydrogen-bond donors (Lipinski definition) is 0. The van der Waals surface area contributed by atoms with E-state index in [1.165, 1.54) is 0 Å². The van der Waals surface area contributed by atoms with Gasteiger partial charge in [0.1, 0.15) is 16.5 Å². The van der Waals surface area contributed by atoms with E-state index in [1.807, 2.05) is 19.3 Å². The third kappa shape index (κ3) is 4.51. The Morgan fingerprint density at radius 2 is 1.81 bits per heavy atom. The van der Waals surface area contributed by atoms with Gasteiger partial charge in [0.25, 0.3) is 0 Å². The molecule has 0 amide bonds. The third-order valence-corrected chi connectivity index (χ3v) is 6.81. The minimum Gasteiger partial charge on any atom is -0.492 e. The minimum absolute atomic E-state index is 0.256. The summed E-state index contributed by atoms with van der Waals surface area (Å²) in [4.78, 5) is 6.91. The van der Waals surface area contributed by atoms with Gasteiger partial charge in [-0.1, -0.05) is 19.1 Å². The van der Waals surface area contributed by atoms with E-state index in [9.17, 15) is 8.42 Å². The number of sulfonamides is 1. The molecule has 0 spiro atoms. The fourth-order valence-corrected chi connectivity index (χ4v) is 4.93. The molecule has 1 fully saturated rings. The standard InChI is InChI=1S/C19H28N4O3S/c1-3-19-20-9-10-22(19)14-11-21-12-15-23(16-13-21)27(24,25)18-8-6-5-7-17(18)26-4-2/h5-10H,3-4,11-16H2,1-2H3. The van der Waals surface area contributed by atoms with Crippen molar-refractivity contribution in [1.29, 1.82) is 0 Å². The molecule has 1 aromatic carbocycles. The molecule has 0 saturated carbocycles. The lowest BCUT2D eigenvalue weighted by molar-refractivity contribution is 0.182. The van der Waals surface area contributed by atoms with E-state index in [0.717, 1.165) is 38.4 Å². The van der Waals surface area contributed by atoms with E-state index in [-0.39, 0.29) is 4.90 Å². The molecule has 1 saturated heterocycles. The van der Waals surface area contributed by atoms with Crippen LogP contribution in [0.2, 0.25) is 0 Å². The van der Waals surface area contributed by atoms with Crippen LogP contribution in [0.15, 0.2) is 41.6 Å². The first kappa shape index (κ1) is 19.9. The van der Waals surface area contributed by atoms with Gasteiger partial charge in [0.15, 0.2) is 0 Å². The molecule has 8 heteroatoms. The second kappa shape index (κ2) is 8.86. The van der Waals surface area contributed by atoms with Gasteiger partial charge in [-0.05, 0) is 19.1 Å². The lowest BCUT2D eigenvalue weighted by Gasteiger charge is -2.34. The predicted octanol–water partition coefficient (Wildman–Crippen LogP) is 1.85. The minimum atomic E-state index is -3.54. The third-order valence-electron chi connectivity index (χ3n) is 4.87. The van der Waals surface area contributed by atoms with E-state index in [0.29, 0.717) is 25.4 Å². The van der Waals surface area contributed by atoms with Crippen LogP contribution in [-0.2, 0) is 23.0 Å². The van der Waals surface area contributed by atoms with Crippen molar-refractivity contribution in [2.75, 3.05) is 39.3 Å². The van der Waals surface area contributed by atoms with Gasteiger partial charge in [-0.15, -0.1) is 0 Å². The average molecular weight is 393 g/mol. The van der Waals surface area contributed by atoms with Crippen molar-refractivity contribution in [2.45, 2.75) is 31.7 Å². The molecule has 1 aliphatic heterocycles. The number of benzene rings is 1. The fourth-order valence-electron chi connectivity index (χ4n) is 3.38. The van der Waals surface area contributed by atoms with Crippen molar-refractivity contribution >= 4 is 10.0 Å². The number of aromatic nitrogens is 2. The van der Waals surface area contributed by atoms with Crippen LogP contribution in [0.25, 0.3) is 0 Å². The normalized spacial score (nSPS) is 16.5. The smallest absolute Gasteiger partial charge is 0.246 e. The van der Waals surface area contributed by atoms with Gasteiger partial charge in [-0.3, -0.25) is 4.90 Å². The molecule has 0 aliphatic carbocycles. The molecule has 1 aromatic heterocycles. The van der Waals surface area contributed by atoms with Crippen molar-refractivity contribution in [3.05, 3.63) is 42.5 Å². The van der Waals surface area contributed by atoms with Crippen molar-refractivity contribution in [2.24, 2.45) is 0 Å². The van der Waals surface area contributed by atoms with Crippen LogP contribution in [0.5, 0.6) is 5.75 Å². The van der Waals surface area contributed by atoms with E-state index < -0.39 is 10.0 Å². The zero-order chi connectivity index (χ0) is 19.3. The molecule has 3 rings (SSSR count). The molecule has 0 unspecified atom stereocenters. The maximum Gasteiger partial charge on any atom is 0.246 e. The first-order valence-electron chi connectivity index (χ1n) is 9.50. The number of nitrogens with zero attached hydrogens (tertiary/aromatic N) is 4. The van der Waals surface area contributed by atoms with Gasteiger partial charge < -0.3 is 9.30 Å². The van der Waals surface area contributed by atoms with Gasteiger partial charge >= 0.3 is 0 Å². The second-order valence-electron chi connectivity index (χ2n) is 6.52. The monoisotopic (exact) mass is 392 g/mol. The Kier molecular flexibility index (Phi) is 6.51. The average Bonchev–Trinajstić information content (AvgIpc) is 3.15. The van der Waals surface area contributed by atoms with Crippen molar-refractivity contribution in [3.63, 3.8) is 0 Å². The summed E-state index contributed by atoms with van der Waals surface area (Å²) in [6.45, 7) is 8.61. The number of imidazole rings is 1.